The lowest BCUT2D eigenvalue weighted by molar-refractivity contribution is 0.145. The van der Waals surface area contributed by atoms with E-state index in [2.05, 4.69) is 123 Å². The average Bonchev–Trinajstić information content (AvgIpc) is 2.77. The number of nitrogens with zero attached hydrogens (tertiary/aromatic N) is 1. The number of likely N-dealkylation sites (N-methyl/N-ethyl adjacent to an activating group) is 1. The Bertz CT molecular complexity index is 1130. The van der Waals surface area contributed by atoms with E-state index in [1.54, 1.807) is 0 Å². The summed E-state index contributed by atoms with van der Waals surface area (Å²) in [5.41, 5.74) is 2.43. The second kappa shape index (κ2) is 9.78. The quantitative estimate of drug-likeness (QED) is 0.246. The van der Waals surface area contributed by atoms with Gasteiger partial charge >= 0.3 is 0 Å². The summed E-state index contributed by atoms with van der Waals surface area (Å²) in [4.78, 5) is 2.30. The van der Waals surface area contributed by atoms with E-state index in [1.807, 2.05) is 12.1 Å². The molecule has 0 spiro atoms. The van der Waals surface area contributed by atoms with Crippen molar-refractivity contribution >= 4 is 42.6 Å². The van der Waals surface area contributed by atoms with Gasteiger partial charge in [-0.05, 0) is 57.0 Å². The van der Waals surface area contributed by atoms with Gasteiger partial charge in [0.05, 0.1) is 4.47 Å². The van der Waals surface area contributed by atoms with Crippen LogP contribution in [0.4, 0.5) is 0 Å². The second-order valence-electron chi connectivity index (χ2n) is 7.40. The van der Waals surface area contributed by atoms with Gasteiger partial charge in [-0.25, -0.2) is 0 Å². The van der Waals surface area contributed by atoms with Gasteiger partial charge in [0.1, 0.15) is 11.9 Å². The third-order valence-electron chi connectivity index (χ3n) is 5.14. The largest absolute Gasteiger partial charge is 0.483 e. The minimum absolute atomic E-state index is 0.0869. The summed E-state index contributed by atoms with van der Waals surface area (Å²) < 4.78 is 8.70. The first-order chi connectivity index (χ1) is 14.6. The van der Waals surface area contributed by atoms with Crippen LogP contribution in [-0.4, -0.2) is 18.5 Å². The zero-order valence-electron chi connectivity index (χ0n) is 16.8. The molecule has 0 aliphatic carbocycles. The van der Waals surface area contributed by atoms with Crippen molar-refractivity contribution in [3.05, 3.63) is 111 Å². The van der Waals surface area contributed by atoms with Crippen LogP contribution >= 0.6 is 31.9 Å². The lowest BCUT2D eigenvalue weighted by atomic mass is 10.1. The highest BCUT2D eigenvalue weighted by molar-refractivity contribution is 9.11. The number of benzene rings is 4. The predicted molar refractivity (Wildman–Crippen MR) is 132 cm³/mol. The fourth-order valence-electron chi connectivity index (χ4n) is 3.60. The van der Waals surface area contributed by atoms with Crippen molar-refractivity contribution in [1.29, 1.82) is 0 Å². The Kier molecular flexibility index (Phi) is 6.88. The van der Waals surface area contributed by atoms with Crippen LogP contribution in [0.3, 0.4) is 0 Å². The molecule has 152 valence electrons. The molecule has 2 nitrogen and oxygen atoms in total. The normalized spacial score (nSPS) is 12.3. The van der Waals surface area contributed by atoms with Gasteiger partial charge < -0.3 is 4.74 Å². The molecule has 0 aliphatic heterocycles. The third kappa shape index (κ3) is 4.94. The Morgan fingerprint density at radius 3 is 2.30 bits per heavy atom. The van der Waals surface area contributed by atoms with Crippen molar-refractivity contribution in [1.82, 2.24) is 4.90 Å². The summed E-state index contributed by atoms with van der Waals surface area (Å²) in [7, 11) is 2.13. The Balaban J connectivity index is 1.59. The van der Waals surface area contributed by atoms with E-state index in [0.717, 1.165) is 38.7 Å². The van der Waals surface area contributed by atoms with Gasteiger partial charge in [0.15, 0.2) is 0 Å². The van der Waals surface area contributed by atoms with E-state index >= 15 is 0 Å². The molecule has 0 amide bonds. The van der Waals surface area contributed by atoms with Gasteiger partial charge in [0, 0.05) is 17.6 Å². The standard InChI is InChI=1S/C26H23Br2NO/c1-29(17-21-12-6-8-14-23(21)27)18-25(20-10-3-2-4-11-20)30-24-16-15-19-9-5-7-13-22(19)26(24)28/h2-16,25H,17-18H2,1H3/t25-/m1/s1. The van der Waals surface area contributed by atoms with Crippen LogP contribution in [0.5, 0.6) is 5.75 Å². The van der Waals surface area contributed by atoms with Crippen LogP contribution in [0.25, 0.3) is 10.8 Å². The van der Waals surface area contributed by atoms with Gasteiger partial charge in [-0.1, -0.05) is 94.8 Å². The molecular weight excluding hydrogens is 502 g/mol. The van der Waals surface area contributed by atoms with Crippen LogP contribution in [0.15, 0.2) is 99.9 Å². The summed E-state index contributed by atoms with van der Waals surface area (Å²) in [6.07, 6.45) is -0.0869. The lowest BCUT2D eigenvalue weighted by Crippen LogP contribution is -2.27. The van der Waals surface area contributed by atoms with Gasteiger partial charge in [0.25, 0.3) is 0 Å². The molecule has 0 saturated heterocycles. The Hall–Kier alpha value is -2.14. The van der Waals surface area contributed by atoms with E-state index in [9.17, 15) is 0 Å². The number of halogens is 2. The maximum absolute atomic E-state index is 6.58. The molecule has 0 saturated carbocycles. The third-order valence-corrected chi connectivity index (χ3v) is 6.74. The van der Waals surface area contributed by atoms with Crippen molar-refractivity contribution in [3.8, 4) is 5.75 Å². The van der Waals surface area contributed by atoms with Gasteiger partial charge in [-0.15, -0.1) is 0 Å². The Labute approximate surface area is 194 Å². The topological polar surface area (TPSA) is 12.5 Å². The maximum Gasteiger partial charge on any atom is 0.136 e. The SMILES string of the molecule is CN(Cc1ccccc1Br)C[C@@H](Oc1ccc2ccccc2c1Br)c1ccccc1. The molecule has 0 heterocycles. The van der Waals surface area contributed by atoms with E-state index < -0.39 is 0 Å². The zero-order chi connectivity index (χ0) is 20.9. The number of ether oxygens (including phenoxy) is 1. The Morgan fingerprint density at radius 2 is 1.50 bits per heavy atom. The minimum atomic E-state index is -0.0869. The molecule has 0 aliphatic rings. The molecule has 4 rings (SSSR count). The van der Waals surface area contributed by atoms with Crippen LogP contribution in [0.2, 0.25) is 0 Å². The monoisotopic (exact) mass is 523 g/mol. The molecule has 0 aromatic heterocycles. The van der Waals surface area contributed by atoms with Gasteiger partial charge in [-0.3, -0.25) is 4.90 Å². The van der Waals surface area contributed by atoms with E-state index in [4.69, 9.17) is 4.74 Å². The first kappa shape index (κ1) is 21.1. The number of rotatable bonds is 7. The summed E-state index contributed by atoms with van der Waals surface area (Å²) in [6, 6.07) is 31.3. The first-order valence-electron chi connectivity index (χ1n) is 9.92. The summed E-state index contributed by atoms with van der Waals surface area (Å²) in [5.74, 6) is 0.858. The van der Waals surface area contributed by atoms with E-state index in [1.165, 1.54) is 10.9 Å². The maximum atomic E-state index is 6.58. The van der Waals surface area contributed by atoms with Crippen molar-refractivity contribution in [2.24, 2.45) is 0 Å². The van der Waals surface area contributed by atoms with Crippen molar-refractivity contribution in [3.63, 3.8) is 0 Å². The molecule has 1 atom stereocenters. The molecule has 4 heteroatoms. The number of hydrogen-bond donors (Lipinski definition) is 0. The molecular formula is C26H23Br2NO. The fraction of sp³-hybridized carbons (Fsp3) is 0.154. The van der Waals surface area contributed by atoms with Gasteiger partial charge in [-0.2, -0.15) is 0 Å². The highest BCUT2D eigenvalue weighted by Crippen LogP contribution is 2.36. The van der Waals surface area contributed by atoms with Crippen LogP contribution < -0.4 is 4.74 Å². The van der Waals surface area contributed by atoms with E-state index in [-0.39, 0.29) is 6.10 Å². The molecule has 4 aromatic rings. The highest BCUT2D eigenvalue weighted by atomic mass is 79.9. The van der Waals surface area contributed by atoms with E-state index in [0.29, 0.717) is 0 Å². The number of fused-ring (bicyclic) bond motifs is 1. The minimum Gasteiger partial charge on any atom is -0.483 e. The average molecular weight is 525 g/mol. The second-order valence-corrected chi connectivity index (χ2v) is 9.05. The van der Waals surface area contributed by atoms with Crippen LogP contribution in [-0.2, 0) is 6.54 Å². The molecule has 30 heavy (non-hydrogen) atoms. The molecule has 0 fully saturated rings. The molecule has 0 N–H and O–H groups in total. The van der Waals surface area contributed by atoms with Gasteiger partial charge in [0.2, 0.25) is 0 Å². The zero-order valence-corrected chi connectivity index (χ0v) is 19.9. The molecule has 4 aromatic carbocycles. The van der Waals surface area contributed by atoms with Crippen LogP contribution in [0.1, 0.15) is 17.2 Å². The molecule has 0 unspecified atom stereocenters. The summed E-state index contributed by atoms with van der Waals surface area (Å²) in [6.45, 7) is 1.61. The van der Waals surface area contributed by atoms with Crippen molar-refractivity contribution in [2.45, 2.75) is 12.6 Å². The first-order valence-corrected chi connectivity index (χ1v) is 11.5. The molecule has 0 bridgehead atoms. The highest BCUT2D eigenvalue weighted by Gasteiger charge is 2.18. The van der Waals surface area contributed by atoms with Crippen LogP contribution in [0, 0.1) is 0 Å². The molecule has 0 radical (unpaired) electrons. The number of hydrogen-bond acceptors (Lipinski definition) is 2. The fourth-order valence-corrected chi connectivity index (χ4v) is 4.60. The summed E-state index contributed by atoms with van der Waals surface area (Å²) >= 11 is 7.43. The Morgan fingerprint density at radius 1 is 0.800 bits per heavy atom. The van der Waals surface area contributed by atoms with Crippen molar-refractivity contribution < 1.29 is 4.74 Å². The summed E-state index contributed by atoms with van der Waals surface area (Å²) in [5, 5.41) is 2.35. The van der Waals surface area contributed by atoms with Crippen molar-refractivity contribution in [2.75, 3.05) is 13.6 Å². The smallest absolute Gasteiger partial charge is 0.136 e. The lowest BCUT2D eigenvalue weighted by Gasteiger charge is -2.26. The predicted octanol–water partition coefficient (Wildman–Crippen LogP) is 7.62.